The third-order valence-electron chi connectivity index (χ3n) is 4.62. The molecule has 1 amide bonds. The van der Waals surface area contributed by atoms with Crippen LogP contribution in [0.3, 0.4) is 0 Å². The molecule has 1 fully saturated rings. The number of esters is 1. The van der Waals surface area contributed by atoms with E-state index in [0.29, 0.717) is 12.2 Å². The van der Waals surface area contributed by atoms with Crippen LogP contribution in [0.2, 0.25) is 0 Å². The van der Waals surface area contributed by atoms with E-state index in [1.807, 2.05) is 36.4 Å². The van der Waals surface area contributed by atoms with E-state index in [0.717, 1.165) is 5.56 Å². The SMILES string of the molecule is O=C(COc1ccccc1)OCC(=O)N(Cc1ccccc1)[C@H]1CCS(=O)(=O)C1. The van der Waals surface area contributed by atoms with Gasteiger partial charge in [-0.05, 0) is 24.1 Å². The highest BCUT2D eigenvalue weighted by molar-refractivity contribution is 7.91. The molecular formula is C21H23NO6S. The first-order valence-electron chi connectivity index (χ1n) is 9.30. The maximum Gasteiger partial charge on any atom is 0.344 e. The molecule has 0 spiro atoms. The topological polar surface area (TPSA) is 90.0 Å². The number of amides is 1. The van der Waals surface area contributed by atoms with Crippen molar-refractivity contribution in [3.63, 3.8) is 0 Å². The molecule has 2 aromatic rings. The van der Waals surface area contributed by atoms with Crippen molar-refractivity contribution < 1.29 is 27.5 Å². The Hall–Kier alpha value is -2.87. The van der Waals surface area contributed by atoms with Gasteiger partial charge in [-0.1, -0.05) is 48.5 Å². The van der Waals surface area contributed by atoms with Gasteiger partial charge >= 0.3 is 5.97 Å². The molecule has 0 N–H and O–H groups in total. The van der Waals surface area contributed by atoms with E-state index in [-0.39, 0.29) is 24.7 Å². The third-order valence-corrected chi connectivity index (χ3v) is 6.37. The van der Waals surface area contributed by atoms with Gasteiger partial charge in [-0.3, -0.25) is 4.79 Å². The van der Waals surface area contributed by atoms with E-state index in [1.54, 1.807) is 24.3 Å². The van der Waals surface area contributed by atoms with Crippen LogP contribution in [0.15, 0.2) is 60.7 Å². The molecule has 0 aromatic heterocycles. The van der Waals surface area contributed by atoms with Gasteiger partial charge < -0.3 is 14.4 Å². The molecule has 0 radical (unpaired) electrons. The molecule has 0 saturated carbocycles. The lowest BCUT2D eigenvalue weighted by Crippen LogP contribution is -2.43. The summed E-state index contributed by atoms with van der Waals surface area (Å²) < 4.78 is 34.1. The second-order valence-corrected chi connectivity index (χ2v) is 9.06. The second kappa shape index (κ2) is 9.56. The molecule has 1 heterocycles. The van der Waals surface area contributed by atoms with Crippen LogP contribution in [0, 0.1) is 0 Å². The number of carbonyl (C=O) groups excluding carboxylic acids is 2. The zero-order valence-electron chi connectivity index (χ0n) is 15.9. The number of ether oxygens (including phenoxy) is 2. The van der Waals surface area contributed by atoms with E-state index < -0.39 is 34.4 Å². The molecule has 0 aliphatic carbocycles. The molecule has 1 atom stereocenters. The number of hydrogen-bond acceptors (Lipinski definition) is 6. The minimum absolute atomic E-state index is 0.0565. The lowest BCUT2D eigenvalue weighted by Gasteiger charge is -2.28. The lowest BCUT2D eigenvalue weighted by atomic mass is 10.1. The van der Waals surface area contributed by atoms with Gasteiger partial charge in [0, 0.05) is 12.6 Å². The van der Waals surface area contributed by atoms with E-state index in [9.17, 15) is 18.0 Å². The summed E-state index contributed by atoms with van der Waals surface area (Å²) in [6.07, 6.45) is 0.381. The summed E-state index contributed by atoms with van der Waals surface area (Å²) in [5, 5.41) is 0. The first kappa shape index (κ1) is 20.9. The Morgan fingerprint density at radius 2 is 1.62 bits per heavy atom. The summed E-state index contributed by atoms with van der Waals surface area (Å²) in [4.78, 5) is 26.1. The first-order chi connectivity index (χ1) is 13.9. The predicted molar refractivity (Wildman–Crippen MR) is 107 cm³/mol. The van der Waals surface area contributed by atoms with Crippen LogP contribution in [0.4, 0.5) is 0 Å². The van der Waals surface area contributed by atoms with E-state index in [1.165, 1.54) is 4.90 Å². The number of rotatable bonds is 8. The third kappa shape index (κ3) is 6.32. The van der Waals surface area contributed by atoms with Crippen molar-refractivity contribution in [1.29, 1.82) is 0 Å². The summed E-state index contributed by atoms with van der Waals surface area (Å²) in [5.41, 5.74) is 0.879. The summed E-state index contributed by atoms with van der Waals surface area (Å²) in [6, 6.07) is 17.7. The molecule has 1 saturated heterocycles. The minimum atomic E-state index is -3.16. The van der Waals surface area contributed by atoms with Crippen LogP contribution in [-0.2, 0) is 30.7 Å². The van der Waals surface area contributed by atoms with Crippen LogP contribution in [-0.4, -0.2) is 56.0 Å². The predicted octanol–water partition coefficient (Wildman–Crippen LogP) is 1.82. The zero-order valence-corrected chi connectivity index (χ0v) is 16.7. The normalized spacial score (nSPS) is 17.4. The number of sulfone groups is 1. The van der Waals surface area contributed by atoms with Gasteiger partial charge in [0.05, 0.1) is 11.5 Å². The van der Waals surface area contributed by atoms with E-state index in [4.69, 9.17) is 9.47 Å². The van der Waals surface area contributed by atoms with Crippen molar-refractivity contribution in [1.82, 2.24) is 4.90 Å². The minimum Gasteiger partial charge on any atom is -0.482 e. The fraction of sp³-hybridized carbons (Fsp3) is 0.333. The van der Waals surface area contributed by atoms with Crippen LogP contribution in [0.25, 0.3) is 0 Å². The standard InChI is InChI=1S/C21H23NO6S/c23-20(14-28-21(24)15-27-19-9-5-2-6-10-19)22(13-17-7-3-1-4-8-17)18-11-12-29(25,26)16-18/h1-10,18H,11-16H2/t18-/m0/s1. The van der Waals surface area contributed by atoms with Crippen LogP contribution in [0.1, 0.15) is 12.0 Å². The highest BCUT2D eigenvalue weighted by Crippen LogP contribution is 2.20. The van der Waals surface area contributed by atoms with Gasteiger partial charge in [0.1, 0.15) is 5.75 Å². The molecule has 0 unspecified atom stereocenters. The molecule has 29 heavy (non-hydrogen) atoms. The Bertz CT molecular complexity index is 930. The summed E-state index contributed by atoms with van der Waals surface area (Å²) >= 11 is 0. The molecule has 8 heteroatoms. The number of hydrogen-bond donors (Lipinski definition) is 0. The maximum atomic E-state index is 12.7. The van der Waals surface area contributed by atoms with Gasteiger partial charge in [0.2, 0.25) is 0 Å². The Labute approximate surface area is 170 Å². The summed E-state index contributed by atoms with van der Waals surface area (Å²) in [7, 11) is -3.16. The molecule has 1 aliphatic heterocycles. The summed E-state index contributed by atoms with van der Waals surface area (Å²) in [6.45, 7) is -0.508. The quantitative estimate of drug-likeness (QED) is 0.609. The largest absolute Gasteiger partial charge is 0.482 e. The fourth-order valence-electron chi connectivity index (χ4n) is 3.15. The average molecular weight is 417 g/mol. The molecule has 3 rings (SSSR count). The molecule has 2 aromatic carbocycles. The van der Waals surface area contributed by atoms with Crippen molar-refractivity contribution in [2.24, 2.45) is 0 Å². The number of para-hydroxylation sites is 1. The van der Waals surface area contributed by atoms with Crippen molar-refractivity contribution in [3.05, 3.63) is 66.2 Å². The summed E-state index contributed by atoms with van der Waals surface area (Å²) in [5.74, 6) is -0.583. The Kier molecular flexibility index (Phi) is 6.87. The molecule has 7 nitrogen and oxygen atoms in total. The second-order valence-electron chi connectivity index (χ2n) is 6.83. The van der Waals surface area contributed by atoms with Crippen molar-refractivity contribution in [2.45, 2.75) is 19.0 Å². The molecule has 0 bridgehead atoms. The molecule has 154 valence electrons. The van der Waals surface area contributed by atoms with Crippen LogP contribution >= 0.6 is 0 Å². The van der Waals surface area contributed by atoms with Crippen molar-refractivity contribution in [2.75, 3.05) is 24.7 Å². The van der Waals surface area contributed by atoms with E-state index in [2.05, 4.69) is 0 Å². The number of carbonyl (C=O) groups is 2. The van der Waals surface area contributed by atoms with Crippen molar-refractivity contribution >= 4 is 21.7 Å². The average Bonchev–Trinajstić information content (AvgIpc) is 3.09. The van der Waals surface area contributed by atoms with Crippen molar-refractivity contribution in [3.8, 4) is 5.75 Å². The van der Waals surface area contributed by atoms with Gasteiger partial charge in [0.25, 0.3) is 5.91 Å². The van der Waals surface area contributed by atoms with Crippen LogP contribution in [0.5, 0.6) is 5.75 Å². The highest BCUT2D eigenvalue weighted by atomic mass is 32.2. The highest BCUT2D eigenvalue weighted by Gasteiger charge is 2.35. The van der Waals surface area contributed by atoms with Gasteiger partial charge in [0.15, 0.2) is 23.1 Å². The van der Waals surface area contributed by atoms with E-state index >= 15 is 0 Å². The molecular weight excluding hydrogens is 394 g/mol. The number of nitrogens with zero attached hydrogens (tertiary/aromatic N) is 1. The zero-order chi connectivity index (χ0) is 20.7. The van der Waals surface area contributed by atoms with Crippen LogP contribution < -0.4 is 4.74 Å². The Morgan fingerprint density at radius 1 is 0.966 bits per heavy atom. The monoisotopic (exact) mass is 417 g/mol. The van der Waals surface area contributed by atoms with Gasteiger partial charge in [-0.2, -0.15) is 0 Å². The lowest BCUT2D eigenvalue weighted by molar-refractivity contribution is -0.154. The number of benzene rings is 2. The first-order valence-corrected chi connectivity index (χ1v) is 11.1. The smallest absolute Gasteiger partial charge is 0.344 e. The maximum absolute atomic E-state index is 12.7. The fourth-order valence-corrected chi connectivity index (χ4v) is 4.88. The Balaban J connectivity index is 1.58. The van der Waals surface area contributed by atoms with Gasteiger partial charge in [-0.15, -0.1) is 0 Å². The Morgan fingerprint density at radius 3 is 2.24 bits per heavy atom. The van der Waals surface area contributed by atoms with Gasteiger partial charge in [-0.25, -0.2) is 13.2 Å². The molecule has 1 aliphatic rings.